The molecule has 3 aromatic rings. The van der Waals surface area contributed by atoms with Crippen LogP contribution in [0.25, 0.3) is 11.1 Å². The number of benzene rings is 3. The first kappa shape index (κ1) is 30.5. The lowest BCUT2D eigenvalue weighted by molar-refractivity contribution is -0.223. The Bertz CT molecular complexity index is 1350. The fourth-order valence-corrected chi connectivity index (χ4v) is 5.03. The first-order valence-electron chi connectivity index (χ1n) is 12.8. The Morgan fingerprint density at radius 3 is 1.78 bits per heavy atom. The molecule has 0 aliphatic heterocycles. The van der Waals surface area contributed by atoms with Crippen LogP contribution in [-0.4, -0.2) is 6.11 Å². The number of hydrogen-bond donors (Lipinski definition) is 0. The maximum atomic E-state index is 14.8. The zero-order valence-electron chi connectivity index (χ0n) is 21.5. The van der Waals surface area contributed by atoms with Crippen molar-refractivity contribution in [2.75, 3.05) is 0 Å². The molecule has 0 amide bonds. The summed E-state index contributed by atoms with van der Waals surface area (Å²) < 4.78 is 151. The fourth-order valence-electron chi connectivity index (χ4n) is 5.03. The van der Waals surface area contributed by atoms with Gasteiger partial charge in [-0.1, -0.05) is 19.8 Å². The molecule has 0 radical (unpaired) electrons. The van der Waals surface area contributed by atoms with Crippen LogP contribution in [0.15, 0.2) is 42.5 Å². The maximum absolute atomic E-state index is 14.8. The zero-order chi connectivity index (χ0) is 30.1. The molecule has 3 aromatic carbocycles. The predicted molar refractivity (Wildman–Crippen MR) is 129 cm³/mol. The Hall–Kier alpha value is -3.44. The summed E-state index contributed by atoms with van der Waals surface area (Å²) in [5.41, 5.74) is -3.06. The smallest absolute Gasteiger partial charge is 0.432 e. The highest BCUT2D eigenvalue weighted by molar-refractivity contribution is 5.66. The third kappa shape index (κ3) is 6.73. The average molecular weight is 594 g/mol. The van der Waals surface area contributed by atoms with Crippen molar-refractivity contribution < 1.29 is 53.4 Å². The minimum absolute atomic E-state index is 0.0521. The lowest BCUT2D eigenvalue weighted by Crippen LogP contribution is -2.37. The van der Waals surface area contributed by atoms with Crippen molar-refractivity contribution in [1.82, 2.24) is 0 Å². The van der Waals surface area contributed by atoms with Crippen LogP contribution in [0, 0.1) is 46.7 Å². The van der Waals surface area contributed by atoms with Crippen molar-refractivity contribution in [3.63, 3.8) is 0 Å². The highest BCUT2D eigenvalue weighted by Crippen LogP contribution is 2.42. The molecule has 0 saturated heterocycles. The molecule has 2 nitrogen and oxygen atoms in total. The predicted octanol–water partition coefficient (Wildman–Crippen LogP) is 9.89. The van der Waals surface area contributed by atoms with Crippen LogP contribution in [-0.2, 0) is 6.11 Å². The molecule has 0 atom stereocenters. The van der Waals surface area contributed by atoms with E-state index in [0.717, 1.165) is 25.0 Å². The van der Waals surface area contributed by atoms with Gasteiger partial charge in [0.2, 0.25) is 0 Å². The Balaban J connectivity index is 1.52. The summed E-state index contributed by atoms with van der Waals surface area (Å²) in [5, 5.41) is 0. The Morgan fingerprint density at radius 2 is 1.24 bits per heavy atom. The van der Waals surface area contributed by atoms with Gasteiger partial charge in [-0.3, -0.25) is 0 Å². The van der Waals surface area contributed by atoms with Gasteiger partial charge in [0.15, 0.2) is 17.5 Å². The minimum Gasteiger partial charge on any atom is -0.432 e. The number of rotatable bonds is 9. The van der Waals surface area contributed by atoms with Gasteiger partial charge in [-0.2, -0.15) is 17.6 Å². The molecule has 4 rings (SSSR count). The molecule has 0 spiro atoms. The molecule has 0 unspecified atom stereocenters. The van der Waals surface area contributed by atoms with Crippen LogP contribution >= 0.6 is 0 Å². The van der Waals surface area contributed by atoms with E-state index in [2.05, 4.69) is 4.74 Å². The Kier molecular flexibility index (Phi) is 8.79. The van der Waals surface area contributed by atoms with E-state index in [0.29, 0.717) is 37.0 Å². The van der Waals surface area contributed by atoms with Crippen molar-refractivity contribution in [2.45, 2.75) is 57.7 Å². The van der Waals surface area contributed by atoms with E-state index in [9.17, 15) is 43.9 Å². The van der Waals surface area contributed by atoms with E-state index in [1.54, 1.807) is 0 Å². The summed E-state index contributed by atoms with van der Waals surface area (Å²) in [6.45, 7) is 2.02. The molecule has 0 N–H and O–H groups in total. The summed E-state index contributed by atoms with van der Waals surface area (Å²) in [7, 11) is 0. The van der Waals surface area contributed by atoms with Gasteiger partial charge < -0.3 is 9.47 Å². The molecular formula is C29H24F10O2. The molecule has 41 heavy (non-hydrogen) atoms. The lowest BCUT2D eigenvalue weighted by atomic mass is 9.79. The molecule has 0 bridgehead atoms. The van der Waals surface area contributed by atoms with E-state index >= 15 is 0 Å². The van der Waals surface area contributed by atoms with Gasteiger partial charge in [-0.15, -0.1) is 0 Å². The van der Waals surface area contributed by atoms with Crippen LogP contribution in [0.4, 0.5) is 43.9 Å². The molecule has 0 heterocycles. The number of hydrogen-bond acceptors (Lipinski definition) is 2. The third-order valence-electron chi connectivity index (χ3n) is 7.06. The third-order valence-corrected chi connectivity index (χ3v) is 7.06. The summed E-state index contributed by atoms with van der Waals surface area (Å²) in [6, 6.07) is 3.21. The molecule has 1 saturated carbocycles. The number of ether oxygens (including phenoxy) is 2. The minimum atomic E-state index is -4.83. The molecule has 1 fully saturated rings. The van der Waals surface area contributed by atoms with Gasteiger partial charge in [0.05, 0.1) is 5.92 Å². The van der Waals surface area contributed by atoms with E-state index in [1.807, 2.05) is 6.92 Å². The summed E-state index contributed by atoms with van der Waals surface area (Å²) in [5.74, 6) is -13.3. The highest BCUT2D eigenvalue weighted by atomic mass is 19.3. The van der Waals surface area contributed by atoms with Gasteiger partial charge in [-0.05, 0) is 61.4 Å². The number of alkyl halides is 4. The highest BCUT2D eigenvalue weighted by Gasteiger charge is 2.44. The first-order valence-corrected chi connectivity index (χ1v) is 12.8. The van der Waals surface area contributed by atoms with Gasteiger partial charge >= 0.3 is 12.2 Å². The largest absolute Gasteiger partial charge is 0.432 e. The first-order chi connectivity index (χ1) is 19.2. The van der Waals surface area contributed by atoms with Gasteiger partial charge in [0.1, 0.15) is 34.5 Å². The molecule has 0 aromatic heterocycles. The van der Waals surface area contributed by atoms with Crippen molar-refractivity contribution in [3.05, 3.63) is 82.9 Å². The lowest BCUT2D eigenvalue weighted by Gasteiger charge is -2.33. The van der Waals surface area contributed by atoms with E-state index in [1.165, 1.54) is 0 Å². The molecule has 12 heteroatoms. The monoisotopic (exact) mass is 594 g/mol. The quantitative estimate of drug-likeness (QED) is 0.181. The van der Waals surface area contributed by atoms with Crippen molar-refractivity contribution in [3.8, 4) is 22.6 Å². The molecule has 1 aliphatic carbocycles. The SMILES string of the molecule is CCCC1CCC(C(F)(F)Oc2ccc(-c3cc(F)c(C(F)(F)Oc4cc(F)c(F)c(F)c4)c(F)c3)c(F)c2)CC1. The van der Waals surface area contributed by atoms with E-state index in [4.69, 9.17) is 4.74 Å². The standard InChI is InChI=1S/C29H24F10O2/c1-2-3-15-4-6-17(7-5-15)28(36,37)40-18-8-9-20(21(30)12-18)16-10-22(31)26(23(32)11-16)29(38,39)41-19-13-24(33)27(35)25(34)14-19/h8-15,17H,2-7H2,1H3. The molecule has 1 aliphatic rings. The number of halogens is 10. The zero-order valence-corrected chi connectivity index (χ0v) is 21.5. The Morgan fingerprint density at radius 1 is 0.683 bits per heavy atom. The normalized spacial score (nSPS) is 17.9. The summed E-state index contributed by atoms with van der Waals surface area (Å²) >= 11 is 0. The average Bonchev–Trinajstić information content (AvgIpc) is 2.86. The maximum Gasteiger partial charge on any atom is 0.432 e. The van der Waals surface area contributed by atoms with Crippen LogP contribution < -0.4 is 9.47 Å². The molecule has 222 valence electrons. The molecular weight excluding hydrogens is 570 g/mol. The second-order valence-electron chi connectivity index (χ2n) is 9.95. The summed E-state index contributed by atoms with van der Waals surface area (Å²) in [6.07, 6.45) is -4.79. The Labute approximate surface area is 228 Å². The topological polar surface area (TPSA) is 18.5 Å². The van der Waals surface area contributed by atoms with Crippen molar-refractivity contribution in [2.24, 2.45) is 11.8 Å². The van der Waals surface area contributed by atoms with Gasteiger partial charge in [-0.25, -0.2) is 26.3 Å². The van der Waals surface area contributed by atoms with Gasteiger partial charge in [0, 0.05) is 23.8 Å². The second kappa shape index (κ2) is 11.8. The van der Waals surface area contributed by atoms with Crippen LogP contribution in [0.1, 0.15) is 51.0 Å². The van der Waals surface area contributed by atoms with Crippen LogP contribution in [0.5, 0.6) is 11.5 Å². The second-order valence-corrected chi connectivity index (χ2v) is 9.95. The van der Waals surface area contributed by atoms with Crippen LogP contribution in [0.2, 0.25) is 0 Å². The van der Waals surface area contributed by atoms with Crippen molar-refractivity contribution in [1.29, 1.82) is 0 Å². The fraction of sp³-hybridized carbons (Fsp3) is 0.379. The van der Waals surface area contributed by atoms with Crippen LogP contribution in [0.3, 0.4) is 0 Å². The van der Waals surface area contributed by atoms with Gasteiger partial charge in [0.25, 0.3) is 0 Å². The van der Waals surface area contributed by atoms with E-state index < -0.39 is 81.2 Å². The van der Waals surface area contributed by atoms with Crippen molar-refractivity contribution >= 4 is 0 Å². The summed E-state index contributed by atoms with van der Waals surface area (Å²) in [4.78, 5) is 0. The van der Waals surface area contributed by atoms with E-state index in [-0.39, 0.29) is 25.0 Å².